The fraction of sp³-hybridized carbons (Fsp3) is 0.500. The first-order valence-corrected chi connectivity index (χ1v) is 7.67. The maximum Gasteiger partial charge on any atom is 0.261 e. The summed E-state index contributed by atoms with van der Waals surface area (Å²) in [7, 11) is 0. The van der Waals surface area contributed by atoms with Crippen molar-refractivity contribution in [2.75, 3.05) is 26.2 Å². The van der Waals surface area contributed by atoms with Gasteiger partial charge in [0.05, 0.1) is 17.2 Å². The van der Waals surface area contributed by atoms with E-state index in [-0.39, 0.29) is 30.3 Å². The van der Waals surface area contributed by atoms with Gasteiger partial charge in [-0.05, 0) is 38.1 Å². The van der Waals surface area contributed by atoms with Crippen molar-refractivity contribution in [2.45, 2.75) is 24.9 Å². The van der Waals surface area contributed by atoms with Crippen LogP contribution in [0.5, 0.6) is 0 Å². The van der Waals surface area contributed by atoms with E-state index in [4.69, 9.17) is 0 Å². The molecular weight excluding hydrogens is 302 g/mol. The standard InChI is InChI=1S/C16H19N3O2.ClH/c20-15-13-3-1-2-4-14(13)16(21)19(15)12-9-18(10-12)11-5-7-17-8-6-11;/h1-4,11-12,17H,5-10H2;1H. The minimum Gasteiger partial charge on any atom is -0.317 e. The normalized spacial score (nSPS) is 23.2. The number of carbonyl (C=O) groups is 2. The Balaban J connectivity index is 0.00000144. The van der Waals surface area contributed by atoms with Crippen molar-refractivity contribution in [1.82, 2.24) is 15.1 Å². The fourth-order valence-corrected chi connectivity index (χ4v) is 3.66. The number of nitrogens with one attached hydrogen (secondary N) is 1. The van der Waals surface area contributed by atoms with E-state index in [1.165, 1.54) is 4.90 Å². The minimum atomic E-state index is -0.120. The molecule has 1 N–H and O–H groups in total. The number of hydrogen-bond donors (Lipinski definition) is 1. The molecule has 0 unspecified atom stereocenters. The lowest BCUT2D eigenvalue weighted by atomic mass is 9.97. The second-order valence-corrected chi connectivity index (χ2v) is 6.11. The average molecular weight is 322 g/mol. The van der Waals surface area contributed by atoms with Gasteiger partial charge >= 0.3 is 0 Å². The van der Waals surface area contributed by atoms with Crippen LogP contribution in [0.1, 0.15) is 33.6 Å². The van der Waals surface area contributed by atoms with E-state index in [0.717, 1.165) is 39.0 Å². The molecule has 3 aliphatic rings. The number of likely N-dealkylation sites (tertiary alicyclic amines) is 1. The Labute approximate surface area is 136 Å². The molecule has 4 rings (SSSR count). The number of piperidine rings is 1. The van der Waals surface area contributed by atoms with E-state index >= 15 is 0 Å². The first-order valence-electron chi connectivity index (χ1n) is 7.67. The Morgan fingerprint density at radius 3 is 2.00 bits per heavy atom. The molecule has 0 spiro atoms. The van der Waals surface area contributed by atoms with E-state index in [1.807, 2.05) is 12.1 Å². The predicted molar refractivity (Wildman–Crippen MR) is 85.4 cm³/mol. The lowest BCUT2D eigenvalue weighted by Gasteiger charge is -2.48. The van der Waals surface area contributed by atoms with Crippen molar-refractivity contribution < 1.29 is 9.59 Å². The Morgan fingerprint density at radius 2 is 1.45 bits per heavy atom. The largest absolute Gasteiger partial charge is 0.317 e. The van der Waals surface area contributed by atoms with Gasteiger partial charge in [0.15, 0.2) is 0 Å². The first kappa shape index (κ1) is 15.5. The highest BCUT2D eigenvalue weighted by atomic mass is 35.5. The molecule has 1 aromatic rings. The molecule has 1 aromatic carbocycles. The summed E-state index contributed by atoms with van der Waals surface area (Å²) in [4.78, 5) is 28.7. The topological polar surface area (TPSA) is 52.7 Å². The zero-order valence-electron chi connectivity index (χ0n) is 12.3. The van der Waals surface area contributed by atoms with Crippen LogP contribution in [0, 0.1) is 0 Å². The van der Waals surface area contributed by atoms with Gasteiger partial charge in [-0.15, -0.1) is 12.4 Å². The molecule has 2 saturated heterocycles. The molecule has 6 heteroatoms. The number of amides is 2. The van der Waals surface area contributed by atoms with Gasteiger partial charge in [0.2, 0.25) is 0 Å². The van der Waals surface area contributed by atoms with Gasteiger partial charge in [-0.3, -0.25) is 19.4 Å². The Morgan fingerprint density at radius 1 is 0.909 bits per heavy atom. The summed E-state index contributed by atoms with van der Waals surface area (Å²) in [6.07, 6.45) is 2.32. The summed E-state index contributed by atoms with van der Waals surface area (Å²) in [6, 6.07) is 7.79. The molecule has 0 radical (unpaired) electrons. The molecule has 2 amide bonds. The molecule has 0 aliphatic carbocycles. The number of imide groups is 1. The van der Waals surface area contributed by atoms with Crippen molar-refractivity contribution in [1.29, 1.82) is 0 Å². The lowest BCUT2D eigenvalue weighted by Crippen LogP contribution is -2.64. The zero-order valence-corrected chi connectivity index (χ0v) is 13.1. The highest BCUT2D eigenvalue weighted by molar-refractivity contribution is 6.21. The lowest BCUT2D eigenvalue weighted by molar-refractivity contribution is 0.00571. The average Bonchev–Trinajstić information content (AvgIpc) is 2.73. The summed E-state index contributed by atoms with van der Waals surface area (Å²) in [5, 5.41) is 3.36. The fourth-order valence-electron chi connectivity index (χ4n) is 3.66. The van der Waals surface area contributed by atoms with E-state index in [1.54, 1.807) is 12.1 Å². The zero-order chi connectivity index (χ0) is 14.4. The van der Waals surface area contributed by atoms with Crippen LogP contribution in [0.2, 0.25) is 0 Å². The van der Waals surface area contributed by atoms with Crippen LogP contribution in [0.15, 0.2) is 24.3 Å². The Bertz CT molecular complexity index is 560. The van der Waals surface area contributed by atoms with Crippen LogP contribution in [0.25, 0.3) is 0 Å². The number of halogens is 1. The monoisotopic (exact) mass is 321 g/mol. The van der Waals surface area contributed by atoms with Gasteiger partial charge in [0.25, 0.3) is 11.8 Å². The van der Waals surface area contributed by atoms with Gasteiger partial charge in [0, 0.05) is 19.1 Å². The summed E-state index contributed by atoms with van der Waals surface area (Å²) in [5.74, 6) is -0.240. The van der Waals surface area contributed by atoms with Crippen LogP contribution < -0.4 is 5.32 Å². The Hall–Kier alpha value is -1.43. The summed E-state index contributed by atoms with van der Waals surface area (Å²) < 4.78 is 0. The molecule has 22 heavy (non-hydrogen) atoms. The molecular formula is C16H20ClN3O2. The van der Waals surface area contributed by atoms with Crippen LogP contribution in [-0.2, 0) is 0 Å². The van der Waals surface area contributed by atoms with Crippen LogP contribution in [0.3, 0.4) is 0 Å². The van der Waals surface area contributed by atoms with Crippen molar-refractivity contribution >= 4 is 24.2 Å². The van der Waals surface area contributed by atoms with Gasteiger partial charge in [-0.25, -0.2) is 0 Å². The van der Waals surface area contributed by atoms with Gasteiger partial charge in [-0.1, -0.05) is 12.1 Å². The van der Waals surface area contributed by atoms with Gasteiger partial charge in [-0.2, -0.15) is 0 Å². The second-order valence-electron chi connectivity index (χ2n) is 6.11. The van der Waals surface area contributed by atoms with E-state index < -0.39 is 0 Å². The molecule has 0 aromatic heterocycles. The smallest absolute Gasteiger partial charge is 0.261 e. The minimum absolute atomic E-state index is 0. The molecule has 3 heterocycles. The number of hydrogen-bond acceptors (Lipinski definition) is 4. The summed E-state index contributed by atoms with van der Waals surface area (Å²) >= 11 is 0. The van der Waals surface area contributed by atoms with Crippen LogP contribution >= 0.6 is 12.4 Å². The molecule has 0 bridgehead atoms. The molecule has 0 atom stereocenters. The van der Waals surface area contributed by atoms with Crippen molar-refractivity contribution in [3.63, 3.8) is 0 Å². The predicted octanol–water partition coefficient (Wildman–Crippen LogP) is 1.14. The third kappa shape index (κ3) is 2.33. The van der Waals surface area contributed by atoms with Crippen LogP contribution in [0.4, 0.5) is 0 Å². The maximum atomic E-state index is 12.4. The van der Waals surface area contributed by atoms with Crippen molar-refractivity contribution in [3.05, 3.63) is 35.4 Å². The first-order chi connectivity index (χ1) is 10.3. The van der Waals surface area contributed by atoms with E-state index in [9.17, 15) is 9.59 Å². The number of nitrogens with zero attached hydrogens (tertiary/aromatic N) is 2. The molecule has 2 fully saturated rings. The summed E-state index contributed by atoms with van der Waals surface area (Å²) in [5.41, 5.74) is 1.12. The second kappa shape index (κ2) is 5.99. The highest BCUT2D eigenvalue weighted by Crippen LogP contribution is 2.29. The number of rotatable bonds is 2. The molecule has 3 aliphatic heterocycles. The van der Waals surface area contributed by atoms with Crippen LogP contribution in [-0.4, -0.2) is 59.9 Å². The van der Waals surface area contributed by atoms with Crippen molar-refractivity contribution in [3.8, 4) is 0 Å². The molecule has 5 nitrogen and oxygen atoms in total. The number of carbonyl (C=O) groups excluding carboxylic acids is 2. The quantitative estimate of drug-likeness (QED) is 0.830. The number of fused-ring (bicyclic) bond motifs is 1. The Kier molecular flexibility index (Phi) is 4.21. The highest BCUT2D eigenvalue weighted by Gasteiger charge is 2.45. The maximum absolute atomic E-state index is 12.4. The van der Waals surface area contributed by atoms with Crippen molar-refractivity contribution in [2.24, 2.45) is 0 Å². The van der Waals surface area contributed by atoms with E-state index in [0.29, 0.717) is 17.2 Å². The van der Waals surface area contributed by atoms with Gasteiger partial charge in [0.1, 0.15) is 0 Å². The summed E-state index contributed by atoms with van der Waals surface area (Å²) in [6.45, 7) is 3.80. The number of benzene rings is 1. The third-order valence-corrected chi connectivity index (χ3v) is 4.91. The molecule has 0 saturated carbocycles. The third-order valence-electron chi connectivity index (χ3n) is 4.91. The SMILES string of the molecule is Cl.O=C1c2ccccc2C(=O)N1C1CN(C2CCNCC2)C1. The van der Waals surface area contributed by atoms with E-state index in [2.05, 4.69) is 10.2 Å². The molecule has 118 valence electrons. The van der Waals surface area contributed by atoms with Gasteiger partial charge < -0.3 is 5.32 Å².